The fraction of sp³-hybridized carbons (Fsp3) is 0.382. The van der Waals surface area contributed by atoms with E-state index >= 15 is 0 Å². The Morgan fingerprint density at radius 2 is 1.84 bits per heavy atom. The third kappa shape index (κ3) is 9.68. The van der Waals surface area contributed by atoms with Gasteiger partial charge in [-0.3, -0.25) is 0 Å². The number of fused-ring (bicyclic) bond motifs is 1. The van der Waals surface area contributed by atoms with Gasteiger partial charge in [-0.1, -0.05) is 29.8 Å². The Morgan fingerprint density at radius 3 is 2.48 bits per heavy atom. The number of nitrogens with zero attached hydrogens (tertiary/aromatic N) is 2. The molecule has 44 heavy (non-hydrogen) atoms. The number of hydrogen-bond donors (Lipinski definition) is 2. The minimum absolute atomic E-state index is 0. The first kappa shape index (κ1) is 36.8. The Morgan fingerprint density at radius 1 is 1.11 bits per heavy atom. The second-order valence-corrected chi connectivity index (χ2v) is 13.2. The Bertz CT molecular complexity index is 1570. The summed E-state index contributed by atoms with van der Waals surface area (Å²) in [5, 5.41) is 27.0. The van der Waals surface area contributed by atoms with Crippen LogP contribution >= 0.6 is 23.4 Å². The molecule has 0 spiro atoms. The van der Waals surface area contributed by atoms with E-state index in [2.05, 4.69) is 6.07 Å². The molecule has 2 heterocycles. The van der Waals surface area contributed by atoms with Gasteiger partial charge in [-0.15, -0.1) is 24.3 Å². The van der Waals surface area contributed by atoms with Crippen molar-refractivity contribution in [2.24, 2.45) is 0 Å². The number of ether oxygens (including phenoxy) is 1. The van der Waals surface area contributed by atoms with Crippen LogP contribution in [0.4, 0.5) is 8.78 Å². The smallest absolute Gasteiger partial charge is 0.217 e. The van der Waals surface area contributed by atoms with Crippen LogP contribution in [0.3, 0.4) is 0 Å². The van der Waals surface area contributed by atoms with Crippen molar-refractivity contribution in [3.63, 3.8) is 0 Å². The zero-order valence-corrected chi connectivity index (χ0v) is 30.1. The molecule has 5 rings (SSSR count). The van der Waals surface area contributed by atoms with E-state index in [0.717, 1.165) is 33.0 Å². The van der Waals surface area contributed by atoms with Gasteiger partial charge in [0.2, 0.25) is 5.88 Å². The van der Waals surface area contributed by atoms with E-state index < -0.39 is 28.8 Å². The summed E-state index contributed by atoms with van der Waals surface area (Å²) in [6, 6.07) is 18.8. The van der Waals surface area contributed by atoms with Crippen LogP contribution in [-0.4, -0.2) is 52.4 Å². The number of methoxy groups -OCH3 is 1. The molecule has 233 valence electrons. The fourth-order valence-electron chi connectivity index (χ4n) is 5.47. The average Bonchev–Trinajstić information content (AvgIpc) is 2.93. The number of thioether (sulfide) groups is 1. The predicted molar refractivity (Wildman–Crippen MR) is 172 cm³/mol. The van der Waals surface area contributed by atoms with Crippen molar-refractivity contribution in [3.05, 3.63) is 105 Å². The van der Waals surface area contributed by atoms with Crippen LogP contribution in [0.2, 0.25) is 5.02 Å². The summed E-state index contributed by atoms with van der Waals surface area (Å²) >= 11 is 8.06. The third-order valence-corrected chi connectivity index (χ3v) is 8.19. The van der Waals surface area contributed by atoms with Crippen LogP contribution in [-0.2, 0) is 39.1 Å². The molecule has 0 saturated carbocycles. The number of hydrogen-bond acceptors (Lipinski definition) is 5. The van der Waals surface area contributed by atoms with Gasteiger partial charge in [-0.2, -0.15) is 0 Å². The second-order valence-electron chi connectivity index (χ2n) is 11.9. The van der Waals surface area contributed by atoms with Gasteiger partial charge in [-0.05, 0) is 99.9 Å². The summed E-state index contributed by atoms with van der Waals surface area (Å²) in [5.41, 5.74) is 1.00. The zero-order valence-electron chi connectivity index (χ0n) is 25.7. The molecular formula is C34H38ClF2N2O3SY-. The third-order valence-electron chi connectivity index (χ3n) is 7.23. The van der Waals surface area contributed by atoms with Crippen molar-refractivity contribution >= 4 is 34.3 Å². The molecule has 1 fully saturated rings. The number of pyridine rings is 1. The second kappa shape index (κ2) is 15.8. The number of rotatable bonds is 7. The van der Waals surface area contributed by atoms with Crippen molar-refractivity contribution in [2.75, 3.05) is 19.9 Å². The molecule has 0 aliphatic carbocycles. The number of aliphatic hydroxyl groups is 2. The van der Waals surface area contributed by atoms with Gasteiger partial charge in [0.1, 0.15) is 11.6 Å². The first-order chi connectivity index (χ1) is 20.3. The molecule has 4 aromatic rings. The molecule has 0 bridgehead atoms. The summed E-state index contributed by atoms with van der Waals surface area (Å²) in [7, 11) is 1.57. The molecule has 3 unspecified atom stereocenters. The Kier molecular flexibility index (Phi) is 13.2. The van der Waals surface area contributed by atoms with Gasteiger partial charge in [-0.25, -0.2) is 13.8 Å². The van der Waals surface area contributed by atoms with Crippen LogP contribution in [0, 0.1) is 11.6 Å². The molecule has 5 nitrogen and oxygen atoms in total. The molecule has 2 N–H and O–H groups in total. The maximum Gasteiger partial charge on any atom is 0.217 e. The summed E-state index contributed by atoms with van der Waals surface area (Å²) in [5.74, 6) is -1.32. The van der Waals surface area contributed by atoms with Gasteiger partial charge >= 0.3 is 0 Å². The molecular weight excluding hydrogens is 679 g/mol. The molecule has 1 aromatic heterocycles. The van der Waals surface area contributed by atoms with Crippen molar-refractivity contribution < 1.29 is 56.4 Å². The standard InChI is InChI=1S/C30H28ClF2N2O2S.C4H10O.Y/c1-37-29-25(15-20-14-24(38-2)8-9-27(20)35-29)28(19-4-3-5-21(31)12-19)30(36)10-11-34-23(17-30)13-18-6-7-22(32)16-26(18)33;1-4(2,3)5;/h3-9,12,14-16,23,28,36H,10-11,13,17H2,1-2H3;5H,1-3H3;/q-1;;. The van der Waals surface area contributed by atoms with E-state index in [1.165, 1.54) is 12.1 Å². The minimum atomic E-state index is -1.24. The van der Waals surface area contributed by atoms with Gasteiger partial charge in [0.15, 0.2) is 0 Å². The Hall–Kier alpha value is -1.65. The van der Waals surface area contributed by atoms with E-state index in [0.29, 0.717) is 29.4 Å². The summed E-state index contributed by atoms with van der Waals surface area (Å²) in [4.78, 5) is 5.89. The van der Waals surface area contributed by atoms with Crippen molar-refractivity contribution in [2.45, 2.75) is 68.1 Å². The van der Waals surface area contributed by atoms with Gasteiger partial charge in [0.25, 0.3) is 0 Å². The minimum Gasteiger partial charge on any atom is -0.659 e. The van der Waals surface area contributed by atoms with E-state index in [-0.39, 0.29) is 51.6 Å². The van der Waals surface area contributed by atoms with E-state index in [9.17, 15) is 13.9 Å². The number of piperidine rings is 1. The molecule has 0 amide bonds. The van der Waals surface area contributed by atoms with E-state index in [1.807, 2.05) is 42.7 Å². The van der Waals surface area contributed by atoms with Crippen molar-refractivity contribution in [3.8, 4) is 5.88 Å². The summed E-state index contributed by atoms with van der Waals surface area (Å²) < 4.78 is 33.7. The van der Waals surface area contributed by atoms with Crippen LogP contribution in [0.25, 0.3) is 16.2 Å². The number of benzene rings is 3. The van der Waals surface area contributed by atoms with Gasteiger partial charge < -0.3 is 20.3 Å². The fourth-order valence-corrected chi connectivity index (χ4v) is 6.12. The number of halogens is 3. The summed E-state index contributed by atoms with van der Waals surface area (Å²) in [6.45, 7) is 5.63. The van der Waals surface area contributed by atoms with Crippen LogP contribution in [0.5, 0.6) is 5.88 Å². The quantitative estimate of drug-likeness (QED) is 0.188. The first-order valence-electron chi connectivity index (χ1n) is 14.1. The molecule has 1 aliphatic rings. The van der Waals surface area contributed by atoms with Crippen LogP contribution in [0.15, 0.2) is 71.6 Å². The number of aromatic nitrogens is 1. The van der Waals surface area contributed by atoms with Crippen LogP contribution < -0.4 is 4.74 Å². The first-order valence-corrected chi connectivity index (χ1v) is 15.7. The van der Waals surface area contributed by atoms with E-state index in [1.54, 1.807) is 45.7 Å². The Balaban J connectivity index is 0.000000817. The maximum atomic E-state index is 14.5. The zero-order chi connectivity index (χ0) is 31.4. The molecule has 1 aliphatic heterocycles. The predicted octanol–water partition coefficient (Wildman–Crippen LogP) is 8.31. The molecule has 3 aromatic carbocycles. The molecule has 10 heteroatoms. The molecule has 1 radical (unpaired) electrons. The van der Waals surface area contributed by atoms with Crippen LogP contribution in [0.1, 0.15) is 56.2 Å². The normalized spacial score (nSPS) is 19.0. The monoisotopic (exact) mass is 716 g/mol. The molecule has 3 atom stereocenters. The largest absolute Gasteiger partial charge is 0.659 e. The topological polar surface area (TPSA) is 76.7 Å². The van der Waals surface area contributed by atoms with Gasteiger partial charge in [0, 0.05) is 65.6 Å². The van der Waals surface area contributed by atoms with Gasteiger partial charge in [0.05, 0.1) is 23.8 Å². The summed E-state index contributed by atoms with van der Waals surface area (Å²) in [6.07, 6.45) is 2.97. The van der Waals surface area contributed by atoms with Crippen molar-refractivity contribution in [1.82, 2.24) is 4.98 Å². The average molecular weight is 717 g/mol. The molecule has 1 saturated heterocycles. The van der Waals surface area contributed by atoms with Crippen molar-refractivity contribution in [1.29, 1.82) is 0 Å². The SMILES string of the molecule is CC(C)(C)O.COc1nc2ccc(SC)cc2cc1C(c1cccc(Cl)c1)C1(O)CC[N-]C(Cc2ccc(F)cc2F)C1.[Y]. The Labute approximate surface area is 293 Å². The maximum absolute atomic E-state index is 14.5. The van der Waals surface area contributed by atoms with E-state index in [4.69, 9.17) is 31.7 Å².